The molecule has 98 valence electrons. The fourth-order valence-electron chi connectivity index (χ4n) is 1.87. The maximum Gasteiger partial charge on any atom is 0.0610 e. The van der Waals surface area contributed by atoms with Crippen molar-refractivity contribution in [3.8, 4) is 0 Å². The minimum Gasteiger partial charge on any atom is -0.394 e. The molecule has 0 aromatic heterocycles. The molecule has 0 saturated heterocycles. The zero-order valence-corrected chi connectivity index (χ0v) is 11.7. The van der Waals surface area contributed by atoms with E-state index in [4.69, 9.17) is 0 Å². The molecule has 0 rings (SSSR count). The van der Waals surface area contributed by atoms with Crippen LogP contribution >= 0.6 is 0 Å². The van der Waals surface area contributed by atoms with E-state index in [9.17, 15) is 5.11 Å². The zero-order chi connectivity index (χ0) is 12.6. The molecule has 0 aliphatic heterocycles. The normalized spacial score (nSPS) is 15.8. The van der Waals surface area contributed by atoms with E-state index in [-0.39, 0.29) is 12.1 Å². The number of aliphatic hydroxyl groups is 1. The van der Waals surface area contributed by atoms with E-state index < -0.39 is 0 Å². The quantitative estimate of drug-likeness (QED) is 0.633. The van der Waals surface area contributed by atoms with Crippen LogP contribution in [-0.4, -0.2) is 48.8 Å². The van der Waals surface area contributed by atoms with Crippen molar-refractivity contribution in [1.82, 2.24) is 10.2 Å². The van der Waals surface area contributed by atoms with Crippen LogP contribution in [0.2, 0.25) is 0 Å². The monoisotopic (exact) mass is 230 g/mol. The van der Waals surface area contributed by atoms with Gasteiger partial charge in [0.1, 0.15) is 0 Å². The number of aliphatic hydroxyl groups excluding tert-OH is 1. The van der Waals surface area contributed by atoms with E-state index in [1.165, 1.54) is 6.54 Å². The van der Waals surface area contributed by atoms with Crippen molar-refractivity contribution >= 4 is 0 Å². The van der Waals surface area contributed by atoms with Crippen LogP contribution in [0.25, 0.3) is 0 Å². The van der Waals surface area contributed by atoms with Gasteiger partial charge in [0.25, 0.3) is 0 Å². The first-order chi connectivity index (χ1) is 7.47. The Hall–Kier alpha value is -0.120. The van der Waals surface area contributed by atoms with Crippen LogP contribution in [0.3, 0.4) is 0 Å². The van der Waals surface area contributed by atoms with E-state index in [1.807, 2.05) is 7.05 Å². The van der Waals surface area contributed by atoms with Crippen LogP contribution in [0.1, 0.15) is 40.5 Å². The van der Waals surface area contributed by atoms with E-state index in [0.717, 1.165) is 31.8 Å². The van der Waals surface area contributed by atoms with Crippen LogP contribution in [-0.2, 0) is 0 Å². The lowest BCUT2D eigenvalue weighted by molar-refractivity contribution is 0.162. The topological polar surface area (TPSA) is 35.5 Å². The van der Waals surface area contributed by atoms with Gasteiger partial charge in [-0.15, -0.1) is 0 Å². The van der Waals surface area contributed by atoms with E-state index in [1.54, 1.807) is 0 Å². The first kappa shape index (κ1) is 15.9. The molecule has 0 aromatic rings. The Kier molecular flexibility index (Phi) is 7.98. The number of rotatable bonds is 9. The van der Waals surface area contributed by atoms with Crippen molar-refractivity contribution in [2.75, 3.05) is 33.3 Å². The van der Waals surface area contributed by atoms with E-state index in [2.05, 4.69) is 37.9 Å². The number of likely N-dealkylation sites (N-methyl/N-ethyl adjacent to an activating group) is 1. The van der Waals surface area contributed by atoms with Crippen molar-refractivity contribution in [2.24, 2.45) is 5.92 Å². The fraction of sp³-hybridized carbons (Fsp3) is 1.00. The number of nitrogens with one attached hydrogen (secondary N) is 1. The Balaban J connectivity index is 3.85. The van der Waals surface area contributed by atoms with Gasteiger partial charge in [0.2, 0.25) is 0 Å². The molecule has 0 heterocycles. The molecular weight excluding hydrogens is 200 g/mol. The highest BCUT2D eigenvalue weighted by Crippen LogP contribution is 2.11. The third kappa shape index (κ3) is 6.46. The minimum atomic E-state index is -0.114. The molecule has 0 bridgehead atoms. The Morgan fingerprint density at radius 3 is 2.38 bits per heavy atom. The fourth-order valence-corrected chi connectivity index (χ4v) is 1.87. The Labute approximate surface area is 101 Å². The second-order valence-corrected chi connectivity index (χ2v) is 5.36. The zero-order valence-electron chi connectivity index (χ0n) is 11.7. The summed E-state index contributed by atoms with van der Waals surface area (Å²) in [5.41, 5.74) is -0.114. The second-order valence-electron chi connectivity index (χ2n) is 5.36. The average Bonchev–Trinajstić information content (AvgIpc) is 2.26. The van der Waals surface area contributed by atoms with Crippen molar-refractivity contribution < 1.29 is 5.11 Å². The molecule has 0 radical (unpaired) electrons. The molecule has 0 amide bonds. The standard InChI is InChI=1S/C13H30N2O/c1-6-15(10-12(2)3)9-7-8-13(4,11-16)14-5/h12,14,16H,6-11H2,1-5H3. The molecule has 3 heteroatoms. The summed E-state index contributed by atoms with van der Waals surface area (Å²) in [6.07, 6.45) is 2.16. The lowest BCUT2D eigenvalue weighted by atomic mass is 9.97. The summed E-state index contributed by atoms with van der Waals surface area (Å²) in [6.45, 7) is 12.4. The predicted octanol–water partition coefficient (Wildman–Crippen LogP) is 1.71. The van der Waals surface area contributed by atoms with Gasteiger partial charge < -0.3 is 15.3 Å². The largest absolute Gasteiger partial charge is 0.394 e. The van der Waals surface area contributed by atoms with Gasteiger partial charge >= 0.3 is 0 Å². The Morgan fingerprint density at radius 2 is 2.00 bits per heavy atom. The summed E-state index contributed by atoms with van der Waals surface area (Å²) in [5, 5.41) is 12.5. The van der Waals surface area contributed by atoms with Crippen LogP contribution in [0.15, 0.2) is 0 Å². The third-order valence-corrected chi connectivity index (χ3v) is 3.23. The van der Waals surface area contributed by atoms with Gasteiger partial charge in [-0.3, -0.25) is 0 Å². The second kappa shape index (κ2) is 8.04. The maximum atomic E-state index is 9.28. The summed E-state index contributed by atoms with van der Waals surface area (Å²) >= 11 is 0. The van der Waals surface area contributed by atoms with Crippen molar-refractivity contribution in [3.05, 3.63) is 0 Å². The van der Waals surface area contributed by atoms with E-state index >= 15 is 0 Å². The smallest absolute Gasteiger partial charge is 0.0610 e. The molecule has 0 fully saturated rings. The number of hydrogen-bond donors (Lipinski definition) is 2. The molecule has 16 heavy (non-hydrogen) atoms. The molecule has 1 atom stereocenters. The van der Waals surface area contributed by atoms with Crippen molar-refractivity contribution in [3.63, 3.8) is 0 Å². The molecular formula is C13H30N2O. The summed E-state index contributed by atoms with van der Waals surface area (Å²) in [5.74, 6) is 0.730. The Morgan fingerprint density at radius 1 is 1.38 bits per heavy atom. The summed E-state index contributed by atoms with van der Waals surface area (Å²) < 4.78 is 0. The van der Waals surface area contributed by atoms with E-state index in [0.29, 0.717) is 0 Å². The van der Waals surface area contributed by atoms with Crippen molar-refractivity contribution in [1.29, 1.82) is 0 Å². The highest BCUT2D eigenvalue weighted by molar-refractivity contribution is 4.80. The summed E-state index contributed by atoms with van der Waals surface area (Å²) in [7, 11) is 1.92. The molecule has 0 aromatic carbocycles. The van der Waals surface area contributed by atoms with Gasteiger partial charge in [-0.2, -0.15) is 0 Å². The minimum absolute atomic E-state index is 0.114. The third-order valence-electron chi connectivity index (χ3n) is 3.23. The highest BCUT2D eigenvalue weighted by atomic mass is 16.3. The molecule has 0 spiro atoms. The van der Waals surface area contributed by atoms with Crippen LogP contribution < -0.4 is 5.32 Å². The Bertz CT molecular complexity index is 167. The van der Waals surface area contributed by atoms with Gasteiger partial charge in [0.15, 0.2) is 0 Å². The van der Waals surface area contributed by atoms with Gasteiger partial charge in [0, 0.05) is 12.1 Å². The summed E-state index contributed by atoms with van der Waals surface area (Å²) in [6, 6.07) is 0. The van der Waals surface area contributed by atoms with Crippen LogP contribution in [0.4, 0.5) is 0 Å². The molecule has 1 unspecified atom stereocenters. The average molecular weight is 230 g/mol. The van der Waals surface area contributed by atoms with Crippen LogP contribution in [0.5, 0.6) is 0 Å². The maximum absolute atomic E-state index is 9.28. The SMILES string of the molecule is CCN(CCCC(C)(CO)NC)CC(C)C. The summed E-state index contributed by atoms with van der Waals surface area (Å²) in [4.78, 5) is 2.48. The first-order valence-corrected chi connectivity index (χ1v) is 6.49. The molecule has 0 aliphatic carbocycles. The van der Waals surface area contributed by atoms with Gasteiger partial charge in [-0.05, 0) is 45.8 Å². The number of hydrogen-bond acceptors (Lipinski definition) is 3. The van der Waals surface area contributed by atoms with Crippen LogP contribution in [0, 0.1) is 5.92 Å². The predicted molar refractivity (Wildman–Crippen MR) is 70.7 cm³/mol. The highest BCUT2D eigenvalue weighted by Gasteiger charge is 2.20. The van der Waals surface area contributed by atoms with Gasteiger partial charge in [-0.25, -0.2) is 0 Å². The van der Waals surface area contributed by atoms with Gasteiger partial charge in [-0.1, -0.05) is 20.8 Å². The van der Waals surface area contributed by atoms with Gasteiger partial charge in [0.05, 0.1) is 6.61 Å². The molecule has 3 nitrogen and oxygen atoms in total. The molecule has 2 N–H and O–H groups in total. The number of nitrogens with zero attached hydrogens (tertiary/aromatic N) is 1. The lowest BCUT2D eigenvalue weighted by Gasteiger charge is -2.29. The first-order valence-electron chi connectivity index (χ1n) is 6.49. The molecule has 0 saturated carbocycles. The van der Waals surface area contributed by atoms with Crippen molar-refractivity contribution in [2.45, 2.75) is 46.1 Å². The lowest BCUT2D eigenvalue weighted by Crippen LogP contribution is -2.44. The molecule has 0 aliphatic rings.